The van der Waals surface area contributed by atoms with Gasteiger partial charge in [-0.2, -0.15) is 0 Å². The third kappa shape index (κ3) is 5.07. The first kappa shape index (κ1) is 21.8. The van der Waals surface area contributed by atoms with E-state index < -0.39 is 9.84 Å². The predicted octanol–water partition coefficient (Wildman–Crippen LogP) is 5.23. The summed E-state index contributed by atoms with van der Waals surface area (Å²) in [6.45, 7) is 0. The molecule has 0 radical (unpaired) electrons. The third-order valence-electron chi connectivity index (χ3n) is 4.35. The van der Waals surface area contributed by atoms with Gasteiger partial charge in [0.1, 0.15) is 0 Å². The van der Waals surface area contributed by atoms with Crippen LogP contribution >= 0.6 is 34.5 Å². The molecule has 4 aromatic rings. The Balaban J connectivity index is 1.40. The van der Waals surface area contributed by atoms with Crippen LogP contribution in [0.5, 0.6) is 0 Å². The molecule has 31 heavy (non-hydrogen) atoms. The van der Waals surface area contributed by atoms with Crippen molar-refractivity contribution < 1.29 is 17.6 Å². The van der Waals surface area contributed by atoms with E-state index in [1.54, 1.807) is 36.5 Å². The first-order valence-electron chi connectivity index (χ1n) is 9.00. The van der Waals surface area contributed by atoms with Gasteiger partial charge in [-0.1, -0.05) is 34.5 Å². The van der Waals surface area contributed by atoms with Crippen LogP contribution in [0.1, 0.15) is 12.3 Å². The molecule has 160 valence electrons. The van der Waals surface area contributed by atoms with Gasteiger partial charge in [-0.15, -0.1) is 0 Å². The van der Waals surface area contributed by atoms with Crippen molar-refractivity contribution in [3.05, 3.63) is 58.5 Å². The molecule has 0 atom stereocenters. The summed E-state index contributed by atoms with van der Waals surface area (Å²) < 4.78 is 29.8. The average Bonchev–Trinajstić information content (AvgIpc) is 3.31. The van der Waals surface area contributed by atoms with Crippen molar-refractivity contribution in [1.82, 2.24) is 9.97 Å². The third-order valence-corrected chi connectivity index (χ3v) is 6.94. The molecule has 2 heterocycles. The quantitative estimate of drug-likeness (QED) is 0.392. The summed E-state index contributed by atoms with van der Waals surface area (Å²) >= 11 is 13.3. The van der Waals surface area contributed by atoms with E-state index in [-0.39, 0.29) is 17.2 Å². The average molecular weight is 496 g/mol. The molecule has 0 unspecified atom stereocenters. The number of aromatic nitrogens is 2. The zero-order valence-corrected chi connectivity index (χ0v) is 19.2. The van der Waals surface area contributed by atoms with Crippen molar-refractivity contribution in [3.8, 4) is 11.3 Å². The van der Waals surface area contributed by atoms with Crippen LogP contribution in [-0.4, -0.2) is 30.5 Å². The van der Waals surface area contributed by atoms with Gasteiger partial charge >= 0.3 is 0 Å². The molecule has 0 saturated heterocycles. The summed E-state index contributed by atoms with van der Waals surface area (Å²) in [6.07, 6.45) is 3.13. The molecule has 0 saturated carbocycles. The lowest BCUT2D eigenvalue weighted by molar-refractivity contribution is -0.116. The highest BCUT2D eigenvalue weighted by Crippen LogP contribution is 2.31. The van der Waals surface area contributed by atoms with Gasteiger partial charge in [0.05, 0.1) is 26.3 Å². The smallest absolute Gasteiger partial charge is 0.226 e. The molecular weight excluding hydrogens is 481 g/mol. The van der Waals surface area contributed by atoms with Crippen LogP contribution in [0.25, 0.3) is 21.5 Å². The highest BCUT2D eigenvalue weighted by molar-refractivity contribution is 7.90. The minimum atomic E-state index is -3.31. The largest absolute Gasteiger partial charge is 0.441 e. The number of carbonyl (C=O) groups is 1. The lowest BCUT2D eigenvalue weighted by atomic mass is 10.2. The normalized spacial score (nSPS) is 11.7. The van der Waals surface area contributed by atoms with E-state index in [1.165, 1.54) is 17.4 Å². The van der Waals surface area contributed by atoms with Crippen molar-refractivity contribution in [2.24, 2.45) is 0 Å². The van der Waals surface area contributed by atoms with Gasteiger partial charge in [0, 0.05) is 29.7 Å². The number of thiazole rings is 1. The van der Waals surface area contributed by atoms with Crippen LogP contribution in [-0.2, 0) is 21.1 Å². The molecule has 0 fully saturated rings. The van der Waals surface area contributed by atoms with Crippen molar-refractivity contribution in [3.63, 3.8) is 0 Å². The molecule has 4 rings (SSSR count). The number of nitrogens with one attached hydrogen (secondary N) is 1. The predicted molar refractivity (Wildman–Crippen MR) is 122 cm³/mol. The highest BCUT2D eigenvalue weighted by Gasteiger charge is 2.14. The topological polar surface area (TPSA) is 102 Å². The molecule has 0 spiro atoms. The number of sulfone groups is 1. The molecule has 0 aliphatic carbocycles. The van der Waals surface area contributed by atoms with E-state index in [4.69, 9.17) is 27.6 Å². The summed E-state index contributed by atoms with van der Waals surface area (Å²) in [4.78, 5) is 21.0. The molecule has 11 heteroatoms. The Kier molecular flexibility index (Phi) is 6.02. The Morgan fingerprint density at radius 1 is 1.19 bits per heavy atom. The van der Waals surface area contributed by atoms with Gasteiger partial charge < -0.3 is 9.73 Å². The standard InChI is InChI=1S/C20H15Cl2N3O4S2/c1-31(27,28)12-3-5-15-17(9-12)30-20(24-15)25-18(26)6-7-19-23-10-16(29-19)13-4-2-11(21)8-14(13)22/h2-5,8-10H,6-7H2,1H3,(H,24,25,26). The minimum Gasteiger partial charge on any atom is -0.441 e. The van der Waals surface area contributed by atoms with Crippen LogP contribution in [0, 0.1) is 0 Å². The van der Waals surface area contributed by atoms with Gasteiger partial charge in [-0.05, 0) is 36.4 Å². The monoisotopic (exact) mass is 495 g/mol. The number of aryl methyl sites for hydroxylation is 1. The fourth-order valence-corrected chi connectivity index (χ4v) is 4.98. The number of amides is 1. The number of benzene rings is 2. The van der Waals surface area contributed by atoms with Crippen LogP contribution < -0.4 is 5.32 Å². The lowest BCUT2D eigenvalue weighted by Crippen LogP contribution is -2.12. The van der Waals surface area contributed by atoms with Crippen molar-refractivity contribution in [2.75, 3.05) is 11.6 Å². The molecule has 1 amide bonds. The summed E-state index contributed by atoms with van der Waals surface area (Å²) in [7, 11) is -3.31. The SMILES string of the molecule is CS(=O)(=O)c1ccc2nc(NC(=O)CCc3ncc(-c4ccc(Cl)cc4Cl)o3)sc2c1. The van der Waals surface area contributed by atoms with Gasteiger partial charge in [0.25, 0.3) is 0 Å². The maximum absolute atomic E-state index is 12.3. The summed E-state index contributed by atoms with van der Waals surface area (Å²) in [5.41, 5.74) is 1.28. The second-order valence-corrected chi connectivity index (χ2v) is 10.6. The number of oxazole rings is 1. The Bertz CT molecular complexity index is 1400. The van der Waals surface area contributed by atoms with Crippen LogP contribution in [0.15, 0.2) is 51.9 Å². The van der Waals surface area contributed by atoms with E-state index in [0.29, 0.717) is 49.0 Å². The van der Waals surface area contributed by atoms with E-state index in [1.807, 2.05) is 0 Å². The Labute approximate surface area is 192 Å². The van der Waals surface area contributed by atoms with E-state index >= 15 is 0 Å². The second-order valence-electron chi connectivity index (χ2n) is 6.71. The number of hydrogen-bond donors (Lipinski definition) is 1. The molecule has 2 aromatic heterocycles. The zero-order chi connectivity index (χ0) is 22.2. The second kappa shape index (κ2) is 8.58. The summed E-state index contributed by atoms with van der Waals surface area (Å²) in [5.74, 6) is 0.634. The van der Waals surface area contributed by atoms with Crippen LogP contribution in [0.4, 0.5) is 5.13 Å². The van der Waals surface area contributed by atoms with E-state index in [2.05, 4.69) is 15.3 Å². The van der Waals surface area contributed by atoms with Crippen LogP contribution in [0.3, 0.4) is 0 Å². The molecule has 0 aliphatic rings. The van der Waals surface area contributed by atoms with Crippen molar-refractivity contribution in [1.29, 1.82) is 0 Å². The molecule has 0 bridgehead atoms. The van der Waals surface area contributed by atoms with Gasteiger partial charge in [-0.3, -0.25) is 4.79 Å². The number of hydrogen-bond acceptors (Lipinski definition) is 7. The number of nitrogens with zero attached hydrogens (tertiary/aromatic N) is 2. The van der Waals surface area contributed by atoms with Crippen molar-refractivity contribution in [2.45, 2.75) is 17.7 Å². The first-order chi connectivity index (χ1) is 14.7. The Hall–Kier alpha value is -2.46. The fraction of sp³-hybridized carbons (Fsp3) is 0.150. The number of anilines is 1. The molecule has 0 aliphatic heterocycles. The first-order valence-corrected chi connectivity index (χ1v) is 12.5. The van der Waals surface area contributed by atoms with Gasteiger partial charge in [0.2, 0.25) is 5.91 Å². The number of fused-ring (bicyclic) bond motifs is 1. The van der Waals surface area contributed by atoms with Gasteiger partial charge in [0.15, 0.2) is 26.6 Å². The van der Waals surface area contributed by atoms with Crippen LogP contribution in [0.2, 0.25) is 10.0 Å². The lowest BCUT2D eigenvalue weighted by Gasteiger charge is -2.01. The summed E-state index contributed by atoms with van der Waals surface area (Å²) in [5, 5.41) is 4.09. The van der Waals surface area contributed by atoms with E-state index in [9.17, 15) is 13.2 Å². The summed E-state index contributed by atoms with van der Waals surface area (Å²) in [6, 6.07) is 9.72. The Morgan fingerprint density at radius 2 is 2.00 bits per heavy atom. The maximum Gasteiger partial charge on any atom is 0.226 e. The number of rotatable bonds is 6. The maximum atomic E-state index is 12.3. The number of halogens is 2. The van der Waals surface area contributed by atoms with E-state index in [0.717, 1.165) is 6.26 Å². The number of carbonyl (C=O) groups excluding carboxylic acids is 1. The zero-order valence-electron chi connectivity index (χ0n) is 16.1. The molecule has 7 nitrogen and oxygen atoms in total. The Morgan fingerprint density at radius 3 is 2.74 bits per heavy atom. The molecule has 2 aromatic carbocycles. The molecular formula is C20H15Cl2N3O4S2. The minimum absolute atomic E-state index is 0.138. The van der Waals surface area contributed by atoms with Gasteiger partial charge in [-0.25, -0.2) is 18.4 Å². The molecule has 1 N–H and O–H groups in total. The fourth-order valence-electron chi connectivity index (χ4n) is 2.83. The highest BCUT2D eigenvalue weighted by atomic mass is 35.5. The van der Waals surface area contributed by atoms with Crippen molar-refractivity contribution >= 4 is 65.6 Å².